The number of ether oxygens (including phenoxy) is 2. The quantitative estimate of drug-likeness (QED) is 0.799. The predicted molar refractivity (Wildman–Crippen MR) is 88.0 cm³/mol. The van der Waals surface area contributed by atoms with Gasteiger partial charge >= 0.3 is 0 Å². The number of hydrogen-bond donors (Lipinski definition) is 0. The number of sulfonamides is 1. The van der Waals surface area contributed by atoms with E-state index in [1.807, 2.05) is 6.92 Å². The highest BCUT2D eigenvalue weighted by Crippen LogP contribution is 2.34. The summed E-state index contributed by atoms with van der Waals surface area (Å²) in [5.74, 6) is 1.60. The third kappa shape index (κ3) is 3.54. The highest BCUT2D eigenvalue weighted by atomic mass is 32.2. The normalized spacial score (nSPS) is 26.2. The maximum Gasteiger partial charge on any atom is 0.243 e. The number of hydrogen-bond acceptors (Lipinski definition) is 4. The molecule has 0 radical (unpaired) electrons. The second kappa shape index (κ2) is 6.79. The van der Waals surface area contributed by atoms with Crippen LogP contribution in [0.3, 0.4) is 0 Å². The second-order valence-corrected chi connectivity index (χ2v) is 8.50. The van der Waals surface area contributed by atoms with E-state index in [4.69, 9.17) is 9.47 Å². The Morgan fingerprint density at radius 2 is 1.96 bits per heavy atom. The fourth-order valence-corrected chi connectivity index (χ4v) is 5.20. The van der Waals surface area contributed by atoms with Gasteiger partial charge in [0.15, 0.2) is 0 Å². The van der Waals surface area contributed by atoms with E-state index in [0.29, 0.717) is 35.6 Å². The van der Waals surface area contributed by atoms with Gasteiger partial charge < -0.3 is 9.47 Å². The van der Waals surface area contributed by atoms with Crippen LogP contribution in [0, 0.1) is 11.8 Å². The molecule has 5 nitrogen and oxygen atoms in total. The molecule has 0 saturated carbocycles. The molecule has 2 aliphatic rings. The summed E-state index contributed by atoms with van der Waals surface area (Å²) in [5.41, 5.74) is 0. The molecule has 0 amide bonds. The lowest BCUT2D eigenvalue weighted by molar-refractivity contribution is -0.0416. The topological polar surface area (TPSA) is 55.8 Å². The van der Waals surface area contributed by atoms with Crippen LogP contribution in [0.2, 0.25) is 0 Å². The summed E-state index contributed by atoms with van der Waals surface area (Å²) in [5, 5.41) is 0. The maximum atomic E-state index is 13.0. The minimum Gasteiger partial charge on any atom is -0.494 e. The molecule has 2 aliphatic heterocycles. The summed E-state index contributed by atoms with van der Waals surface area (Å²) in [6, 6.07) is 6.84. The molecular weight excluding hydrogens is 314 g/mol. The van der Waals surface area contributed by atoms with Crippen molar-refractivity contribution in [1.29, 1.82) is 0 Å². The molecule has 1 aromatic carbocycles. The van der Waals surface area contributed by atoms with Crippen LogP contribution in [-0.2, 0) is 14.8 Å². The fourth-order valence-electron chi connectivity index (χ4n) is 3.44. The lowest BCUT2D eigenvalue weighted by atomic mass is 9.96. The van der Waals surface area contributed by atoms with Crippen molar-refractivity contribution in [3.63, 3.8) is 0 Å². The van der Waals surface area contributed by atoms with Gasteiger partial charge in [0.05, 0.1) is 24.7 Å². The summed E-state index contributed by atoms with van der Waals surface area (Å²) in [6.07, 6.45) is 1.84. The molecule has 6 heteroatoms. The van der Waals surface area contributed by atoms with E-state index in [9.17, 15) is 8.42 Å². The van der Waals surface area contributed by atoms with Crippen LogP contribution in [0.15, 0.2) is 29.2 Å². The Morgan fingerprint density at radius 1 is 1.26 bits per heavy atom. The molecule has 128 valence electrons. The molecule has 0 aromatic heterocycles. The van der Waals surface area contributed by atoms with Gasteiger partial charge in [0, 0.05) is 18.5 Å². The summed E-state index contributed by atoms with van der Waals surface area (Å²) in [4.78, 5) is 0.352. The highest BCUT2D eigenvalue weighted by molar-refractivity contribution is 7.89. The fraction of sp³-hybridized carbons (Fsp3) is 0.647. The van der Waals surface area contributed by atoms with E-state index in [-0.39, 0.29) is 6.04 Å². The third-order valence-corrected chi connectivity index (χ3v) is 6.56. The SMILES string of the molecule is CCOc1ccc(S(=O)(=O)N2C[C@@H](C)C[C@@H]2CC2COC2)cc1. The van der Waals surface area contributed by atoms with Crippen LogP contribution < -0.4 is 4.74 Å². The zero-order valence-corrected chi connectivity index (χ0v) is 14.6. The monoisotopic (exact) mass is 339 g/mol. The van der Waals surface area contributed by atoms with Crippen molar-refractivity contribution < 1.29 is 17.9 Å². The van der Waals surface area contributed by atoms with Crippen LogP contribution in [0.5, 0.6) is 5.75 Å². The highest BCUT2D eigenvalue weighted by Gasteiger charge is 2.40. The van der Waals surface area contributed by atoms with Crippen LogP contribution in [0.4, 0.5) is 0 Å². The van der Waals surface area contributed by atoms with E-state index in [1.54, 1.807) is 28.6 Å². The van der Waals surface area contributed by atoms with Crippen molar-refractivity contribution in [2.45, 2.75) is 37.6 Å². The first kappa shape index (κ1) is 16.7. The van der Waals surface area contributed by atoms with E-state index < -0.39 is 10.0 Å². The van der Waals surface area contributed by atoms with Crippen molar-refractivity contribution in [3.8, 4) is 5.75 Å². The molecule has 3 rings (SSSR count). The van der Waals surface area contributed by atoms with Gasteiger partial charge in [-0.05, 0) is 49.9 Å². The van der Waals surface area contributed by atoms with Gasteiger partial charge in [-0.25, -0.2) is 8.42 Å². The van der Waals surface area contributed by atoms with Gasteiger partial charge in [-0.1, -0.05) is 6.92 Å². The average Bonchev–Trinajstić information content (AvgIpc) is 2.86. The molecule has 23 heavy (non-hydrogen) atoms. The van der Waals surface area contributed by atoms with Crippen molar-refractivity contribution in [2.24, 2.45) is 11.8 Å². The molecule has 2 saturated heterocycles. The van der Waals surface area contributed by atoms with Gasteiger partial charge in [-0.2, -0.15) is 4.31 Å². The zero-order chi connectivity index (χ0) is 16.4. The Kier molecular flexibility index (Phi) is 4.94. The minimum absolute atomic E-state index is 0.0930. The Bertz CT molecular complexity index is 624. The smallest absolute Gasteiger partial charge is 0.243 e. The lowest BCUT2D eigenvalue weighted by Gasteiger charge is -2.32. The lowest BCUT2D eigenvalue weighted by Crippen LogP contribution is -2.40. The van der Waals surface area contributed by atoms with E-state index in [0.717, 1.165) is 26.1 Å². The Labute approximate surface area is 138 Å². The molecule has 2 atom stereocenters. The zero-order valence-electron chi connectivity index (χ0n) is 13.8. The molecule has 1 aromatic rings. The minimum atomic E-state index is -3.45. The Morgan fingerprint density at radius 3 is 2.52 bits per heavy atom. The molecule has 2 heterocycles. The molecule has 0 spiro atoms. The maximum absolute atomic E-state index is 13.0. The predicted octanol–water partition coefficient (Wildman–Crippen LogP) is 2.52. The first-order chi connectivity index (χ1) is 11.0. The second-order valence-electron chi connectivity index (χ2n) is 6.61. The van der Waals surface area contributed by atoms with Crippen molar-refractivity contribution in [1.82, 2.24) is 4.31 Å². The van der Waals surface area contributed by atoms with Crippen molar-refractivity contribution in [2.75, 3.05) is 26.4 Å². The van der Waals surface area contributed by atoms with Gasteiger partial charge in [0.25, 0.3) is 0 Å². The summed E-state index contributed by atoms with van der Waals surface area (Å²) in [7, 11) is -3.45. The molecule has 0 aliphatic carbocycles. The van der Waals surface area contributed by atoms with Gasteiger partial charge in [0.2, 0.25) is 10.0 Å². The molecular formula is C17H25NO4S. The first-order valence-electron chi connectivity index (χ1n) is 8.33. The van der Waals surface area contributed by atoms with Gasteiger partial charge in [-0.3, -0.25) is 0 Å². The molecule has 0 bridgehead atoms. The third-order valence-electron chi connectivity index (χ3n) is 4.63. The summed E-state index contributed by atoms with van der Waals surface area (Å²) in [6.45, 7) is 6.74. The van der Waals surface area contributed by atoms with E-state index in [1.165, 1.54) is 0 Å². The largest absolute Gasteiger partial charge is 0.494 e. The standard InChI is InChI=1S/C17H25NO4S/c1-3-22-16-4-6-17(7-5-16)23(19,20)18-10-13(2)8-15(18)9-14-11-21-12-14/h4-7,13-15H,3,8-12H2,1-2H3/t13-,15+/m0/s1. The van der Waals surface area contributed by atoms with Crippen molar-refractivity contribution in [3.05, 3.63) is 24.3 Å². The average molecular weight is 339 g/mol. The van der Waals surface area contributed by atoms with Gasteiger partial charge in [0.1, 0.15) is 5.75 Å². The van der Waals surface area contributed by atoms with E-state index in [2.05, 4.69) is 6.92 Å². The first-order valence-corrected chi connectivity index (χ1v) is 9.77. The van der Waals surface area contributed by atoms with E-state index >= 15 is 0 Å². The Hall–Kier alpha value is -1.11. The van der Waals surface area contributed by atoms with Crippen LogP contribution >= 0.6 is 0 Å². The van der Waals surface area contributed by atoms with Crippen molar-refractivity contribution >= 4 is 10.0 Å². The Balaban J connectivity index is 1.78. The van der Waals surface area contributed by atoms with Gasteiger partial charge in [-0.15, -0.1) is 0 Å². The molecule has 0 unspecified atom stereocenters. The van der Waals surface area contributed by atoms with Crippen LogP contribution in [0.1, 0.15) is 26.7 Å². The summed E-state index contributed by atoms with van der Waals surface area (Å²) >= 11 is 0. The molecule has 0 N–H and O–H groups in total. The molecule has 2 fully saturated rings. The van der Waals surface area contributed by atoms with Crippen LogP contribution in [0.25, 0.3) is 0 Å². The number of rotatable bonds is 6. The number of nitrogens with zero attached hydrogens (tertiary/aromatic N) is 1. The van der Waals surface area contributed by atoms with Crippen LogP contribution in [-0.4, -0.2) is 45.1 Å². The number of benzene rings is 1. The summed E-state index contributed by atoms with van der Waals surface area (Å²) < 4.78 is 38.3.